The van der Waals surface area contributed by atoms with Crippen LogP contribution in [0.4, 0.5) is 45.5 Å². The van der Waals surface area contributed by atoms with Crippen molar-refractivity contribution in [2.45, 2.75) is 44.3 Å². The zero-order valence-corrected chi connectivity index (χ0v) is 47.9. The molecular weight excluding hydrogens is 1050 g/mol. The van der Waals surface area contributed by atoms with Crippen LogP contribution < -0.4 is 19.8 Å². The molecule has 0 bridgehead atoms. The predicted molar refractivity (Wildman–Crippen MR) is 345 cm³/mol. The minimum Gasteiger partial charge on any atom is -0.366 e. The summed E-state index contributed by atoms with van der Waals surface area (Å²) in [6, 6.07) is 96.7. The Morgan fingerprint density at radius 3 is 0.877 bits per heavy atom. The minimum absolute atomic E-state index is 0.0459. The van der Waals surface area contributed by atoms with Gasteiger partial charge in [0.25, 0.3) is 0 Å². The normalized spacial score (nSPS) is 12.1. The van der Waals surface area contributed by atoms with Gasteiger partial charge >= 0.3 is 0 Å². The molecule has 0 fully saturated rings. The van der Waals surface area contributed by atoms with E-state index in [2.05, 4.69) is 242 Å². The predicted octanol–water partition coefficient (Wildman–Crippen LogP) is 18.8. The van der Waals surface area contributed by atoms with Crippen LogP contribution in [0, 0.1) is 0 Å². The Hall–Kier alpha value is -8.29. The maximum Gasteiger partial charge on any atom is 0.105 e. The van der Waals surface area contributed by atoms with Crippen molar-refractivity contribution in [2.24, 2.45) is 10.2 Å². The van der Waals surface area contributed by atoms with Crippen molar-refractivity contribution in [3.05, 3.63) is 290 Å². The molecule has 0 heterocycles. The van der Waals surface area contributed by atoms with E-state index in [9.17, 15) is 0 Å². The Balaban J connectivity index is 0.671. The number of ether oxygens (including phenoxy) is 2. The summed E-state index contributed by atoms with van der Waals surface area (Å²) in [6.45, 7) is 6.44. The van der Waals surface area contributed by atoms with E-state index in [0.717, 1.165) is 66.4 Å². The van der Waals surface area contributed by atoms with Gasteiger partial charge in [-0.25, -0.2) is 0 Å². The third kappa shape index (κ3) is 16.4. The molecule has 0 radical (unpaired) electrons. The number of anilines is 8. The lowest BCUT2D eigenvalue weighted by Gasteiger charge is -2.25. The van der Waals surface area contributed by atoms with Crippen LogP contribution in [-0.2, 0) is 9.47 Å². The first-order chi connectivity index (χ1) is 40.0. The topological polar surface area (TPSA) is 56.1 Å². The van der Waals surface area contributed by atoms with E-state index in [1.54, 1.807) is 35.3 Å². The first-order valence-electron chi connectivity index (χ1n) is 27.2. The van der Waals surface area contributed by atoms with Gasteiger partial charge in [0.2, 0.25) is 0 Å². The van der Waals surface area contributed by atoms with Crippen molar-refractivity contribution < 1.29 is 9.47 Å². The van der Waals surface area contributed by atoms with E-state index in [4.69, 9.17) is 19.7 Å². The molecule has 0 N–H and O–H groups in total. The number of para-hydroxylation sites is 6. The maximum absolute atomic E-state index is 6.36. The van der Waals surface area contributed by atoms with Gasteiger partial charge in [0.05, 0.1) is 50.1 Å². The largest absolute Gasteiger partial charge is 0.366 e. The van der Waals surface area contributed by atoms with Gasteiger partial charge in [-0.1, -0.05) is 169 Å². The zero-order valence-electron chi connectivity index (χ0n) is 45.4. The van der Waals surface area contributed by atoms with Crippen molar-refractivity contribution in [2.75, 3.05) is 46.1 Å². The molecule has 0 saturated heterocycles. The first kappa shape index (κ1) is 56.0. The van der Waals surface area contributed by atoms with Gasteiger partial charge in [0.1, 0.15) is 10.9 Å². The fourth-order valence-electron chi connectivity index (χ4n) is 8.97. The summed E-state index contributed by atoms with van der Waals surface area (Å²) >= 11 is 5.18. The van der Waals surface area contributed by atoms with E-state index >= 15 is 0 Å². The van der Waals surface area contributed by atoms with E-state index < -0.39 is 0 Å². The summed E-state index contributed by atoms with van der Waals surface area (Å²) in [5, 5.41) is 13.9. The van der Waals surface area contributed by atoms with Crippen molar-refractivity contribution in [1.82, 2.24) is 0 Å². The molecule has 0 aliphatic rings. The lowest BCUT2D eigenvalue weighted by atomic mass is 10.1. The second kappa shape index (κ2) is 29.3. The molecule has 0 amide bonds. The average molecular weight is 1120 g/mol. The highest BCUT2D eigenvalue weighted by Crippen LogP contribution is 2.37. The van der Waals surface area contributed by atoms with Gasteiger partial charge in [-0.05, 0) is 171 Å². The Bertz CT molecular complexity index is 3160. The van der Waals surface area contributed by atoms with Gasteiger partial charge in [0, 0.05) is 53.7 Å². The lowest BCUT2D eigenvalue weighted by molar-refractivity contribution is 0.130. The van der Waals surface area contributed by atoms with Crippen molar-refractivity contribution in [3.63, 3.8) is 0 Å². The van der Waals surface area contributed by atoms with E-state index in [0.29, 0.717) is 26.3 Å². The Morgan fingerprint density at radius 1 is 0.321 bits per heavy atom. The Kier molecular flexibility index (Phi) is 20.2. The molecule has 404 valence electrons. The minimum atomic E-state index is -0.0459. The third-order valence-corrected chi connectivity index (χ3v) is 16.0. The quantitative estimate of drug-likeness (QED) is 0.0228. The molecule has 11 heteroatoms. The van der Waals surface area contributed by atoms with Gasteiger partial charge in [-0.15, -0.1) is 0 Å². The number of hydrazone groups is 2. The van der Waals surface area contributed by atoms with Crippen LogP contribution in [0.3, 0.4) is 0 Å². The average Bonchev–Trinajstić information content (AvgIpc) is 3.53. The summed E-state index contributed by atoms with van der Waals surface area (Å²) in [7, 11) is 0. The summed E-state index contributed by atoms with van der Waals surface area (Å²) in [5.41, 5.74) is 10.5. The molecule has 0 aromatic heterocycles. The summed E-state index contributed by atoms with van der Waals surface area (Å²) in [5.74, 6) is 0. The van der Waals surface area contributed by atoms with Crippen LogP contribution in [0.5, 0.6) is 0 Å². The van der Waals surface area contributed by atoms with Crippen LogP contribution in [-0.4, -0.2) is 49.6 Å². The molecule has 10 aromatic carbocycles. The summed E-state index contributed by atoms with van der Waals surface area (Å²) in [4.78, 5) is 9.19. The molecule has 0 aliphatic carbocycles. The van der Waals surface area contributed by atoms with Crippen LogP contribution in [0.15, 0.2) is 309 Å². The summed E-state index contributed by atoms with van der Waals surface area (Å²) < 4.78 is 12.7. The molecule has 10 rings (SSSR count). The molecule has 8 nitrogen and oxygen atoms in total. The highest BCUT2D eigenvalue weighted by atomic mass is 32.2. The molecule has 0 aliphatic heterocycles. The van der Waals surface area contributed by atoms with E-state index in [1.807, 2.05) is 83.1 Å². The molecular formula is C70H64N6O2S3. The second-order valence-corrected chi connectivity index (χ2v) is 22.6. The Morgan fingerprint density at radius 2 is 0.580 bits per heavy atom. The van der Waals surface area contributed by atoms with E-state index in [1.165, 1.54) is 9.79 Å². The van der Waals surface area contributed by atoms with Crippen LogP contribution in [0.25, 0.3) is 0 Å². The maximum atomic E-state index is 6.36. The molecule has 0 saturated carbocycles. The monoisotopic (exact) mass is 1120 g/mol. The standard InChI is InChI=1S/C70H64N6O2S3/c1-55(77-51-49-73(59-21-9-3-10-22-59)71-53-57-33-37-65(38-34-57)75(61-25-13-5-14-26-61)62-27-15-6-16-28-62)79-67-41-45-69(46-42-67)81-70-47-43-68(44-48-70)80-56(2)78-52-50-74(60-23-11-4-12-24-60)72-54-58-35-39-66(40-36-58)76(63-29-17-7-18-30-63)64-31-19-8-20-32-64/h3-48,53-56H,49-52H2,1-2H3/b71-53+,72-54+. The highest BCUT2D eigenvalue weighted by molar-refractivity contribution is 8.00. The van der Waals surface area contributed by atoms with Crippen LogP contribution >= 0.6 is 35.3 Å². The Labute approximate surface area is 490 Å². The number of hydrogen-bond acceptors (Lipinski definition) is 11. The fraction of sp³-hybridized carbons (Fsp3) is 0.114. The third-order valence-electron chi connectivity index (χ3n) is 13.0. The van der Waals surface area contributed by atoms with E-state index in [-0.39, 0.29) is 10.9 Å². The number of benzene rings is 10. The SMILES string of the molecule is CC(OCCN(/N=C/c1ccc(N(c2ccccc2)c2ccccc2)cc1)c1ccccc1)Sc1ccc(Sc2ccc(SC(C)OCCN(/N=C/c3ccc(N(c4ccccc4)c4ccccc4)cc3)c3ccccc3)cc2)cc1. The molecule has 2 unspecified atom stereocenters. The van der Waals surface area contributed by atoms with Gasteiger partial charge in [-0.2, -0.15) is 10.2 Å². The molecule has 81 heavy (non-hydrogen) atoms. The van der Waals surface area contributed by atoms with Gasteiger partial charge in [0.15, 0.2) is 0 Å². The van der Waals surface area contributed by atoms with Gasteiger partial charge in [-0.3, -0.25) is 10.0 Å². The molecule has 10 aromatic rings. The smallest absolute Gasteiger partial charge is 0.105 e. The van der Waals surface area contributed by atoms with Gasteiger partial charge < -0.3 is 19.3 Å². The number of hydrogen-bond donors (Lipinski definition) is 0. The van der Waals surface area contributed by atoms with Crippen molar-refractivity contribution in [1.29, 1.82) is 0 Å². The van der Waals surface area contributed by atoms with Crippen LogP contribution in [0.2, 0.25) is 0 Å². The number of rotatable bonds is 26. The number of thioether (sulfide) groups is 2. The zero-order chi connectivity index (χ0) is 55.3. The van der Waals surface area contributed by atoms with Crippen LogP contribution in [0.1, 0.15) is 25.0 Å². The fourth-order valence-corrected chi connectivity index (χ4v) is 11.5. The highest BCUT2D eigenvalue weighted by Gasteiger charge is 2.15. The van der Waals surface area contributed by atoms with Crippen molar-refractivity contribution in [3.8, 4) is 0 Å². The summed E-state index contributed by atoms with van der Waals surface area (Å²) in [6.07, 6.45) is 3.84. The first-order valence-corrected chi connectivity index (χ1v) is 29.7. The van der Waals surface area contributed by atoms with Crippen molar-refractivity contribution >= 4 is 93.2 Å². The molecule has 2 atom stereocenters. The lowest BCUT2D eigenvalue weighted by Crippen LogP contribution is -2.23. The second-order valence-electron chi connectivity index (χ2n) is 18.8. The number of nitrogens with zero attached hydrogens (tertiary/aromatic N) is 6. The molecule has 0 spiro atoms.